The minimum atomic E-state index is 1.02. The van der Waals surface area contributed by atoms with Crippen LogP contribution in [0.1, 0.15) is 33.3 Å². The van der Waals surface area contributed by atoms with E-state index in [0.717, 1.165) is 11.2 Å². The van der Waals surface area contributed by atoms with Gasteiger partial charge in [0.25, 0.3) is 0 Å². The molecule has 0 saturated heterocycles. The van der Waals surface area contributed by atoms with Gasteiger partial charge in [-0.1, -0.05) is 57.5 Å². The largest absolute Gasteiger partial charge is 0.240 e. The van der Waals surface area contributed by atoms with Crippen LogP contribution in [0.4, 0.5) is 0 Å². The molecule has 0 aliphatic heterocycles. The summed E-state index contributed by atoms with van der Waals surface area (Å²) in [6.07, 6.45) is 1.97. The number of aryl methyl sites for hydroxylation is 1. The number of fused-ring (bicyclic) bond motifs is 1. The Bertz CT molecular complexity index is 605. The highest BCUT2D eigenvalue weighted by atomic mass is 15.2. The van der Waals surface area contributed by atoms with Crippen LogP contribution in [0.15, 0.2) is 54.7 Å². The molecule has 2 nitrogen and oxygen atoms in total. The smallest absolute Gasteiger partial charge is 0.0933 e. The highest BCUT2D eigenvalue weighted by Crippen LogP contribution is 2.20. The molecule has 3 aromatic rings. The summed E-state index contributed by atoms with van der Waals surface area (Å²) < 4.78 is 1.90. The van der Waals surface area contributed by atoms with E-state index in [1.165, 1.54) is 11.1 Å². The predicted octanol–water partition coefficient (Wildman–Crippen LogP) is 5.36. The standard InChI is InChI=1S/C14H12N2.2C2H6/c1-11-5-4-6-12(9-11)14-10-13-7-2-3-8-16(13)15-14;2*1-2/h2-10H,1H3;2*1-2H3. The molecule has 106 valence electrons. The summed E-state index contributed by atoms with van der Waals surface area (Å²) in [4.78, 5) is 0. The lowest BCUT2D eigenvalue weighted by atomic mass is 10.1. The van der Waals surface area contributed by atoms with Crippen molar-refractivity contribution in [1.82, 2.24) is 9.61 Å². The summed E-state index contributed by atoms with van der Waals surface area (Å²) in [5.74, 6) is 0. The van der Waals surface area contributed by atoms with Crippen molar-refractivity contribution in [3.8, 4) is 11.3 Å². The predicted molar refractivity (Wildman–Crippen MR) is 88.1 cm³/mol. The summed E-state index contributed by atoms with van der Waals surface area (Å²) in [7, 11) is 0. The number of pyridine rings is 1. The van der Waals surface area contributed by atoms with Crippen LogP contribution in [0.2, 0.25) is 0 Å². The normalized spacial score (nSPS) is 9.25. The number of benzene rings is 1. The molecule has 0 aliphatic carbocycles. The summed E-state index contributed by atoms with van der Waals surface area (Å²) in [5, 5.41) is 4.54. The Morgan fingerprint density at radius 2 is 1.60 bits per heavy atom. The Hall–Kier alpha value is -2.09. The first-order valence-corrected chi connectivity index (χ1v) is 7.34. The first-order chi connectivity index (χ1) is 9.83. The first-order valence-electron chi connectivity index (χ1n) is 7.34. The summed E-state index contributed by atoms with van der Waals surface area (Å²) in [5.41, 5.74) is 4.58. The van der Waals surface area contributed by atoms with Crippen molar-refractivity contribution < 1.29 is 0 Å². The molecule has 0 radical (unpaired) electrons. The summed E-state index contributed by atoms with van der Waals surface area (Å²) >= 11 is 0. The van der Waals surface area contributed by atoms with E-state index in [4.69, 9.17) is 0 Å². The fourth-order valence-corrected chi connectivity index (χ4v) is 1.88. The van der Waals surface area contributed by atoms with Crippen LogP contribution >= 0.6 is 0 Å². The fraction of sp³-hybridized carbons (Fsp3) is 0.278. The Balaban J connectivity index is 0.000000461. The number of rotatable bonds is 1. The maximum atomic E-state index is 4.54. The van der Waals surface area contributed by atoms with Gasteiger partial charge >= 0.3 is 0 Å². The lowest BCUT2D eigenvalue weighted by Crippen LogP contribution is -1.85. The van der Waals surface area contributed by atoms with E-state index in [1.807, 2.05) is 50.5 Å². The summed E-state index contributed by atoms with van der Waals surface area (Å²) in [6, 6.07) is 16.6. The van der Waals surface area contributed by atoms with Gasteiger partial charge in [0.15, 0.2) is 0 Å². The summed E-state index contributed by atoms with van der Waals surface area (Å²) in [6.45, 7) is 10.1. The molecule has 2 aromatic heterocycles. The third-order valence-electron chi connectivity index (χ3n) is 2.68. The molecule has 2 heteroatoms. The highest BCUT2D eigenvalue weighted by Gasteiger charge is 2.03. The van der Waals surface area contributed by atoms with Gasteiger partial charge in [0.1, 0.15) is 0 Å². The molecule has 20 heavy (non-hydrogen) atoms. The molecular formula is C18H24N2. The first kappa shape index (κ1) is 16.0. The number of hydrogen-bond acceptors (Lipinski definition) is 1. The van der Waals surface area contributed by atoms with Crippen molar-refractivity contribution in [2.24, 2.45) is 0 Å². The van der Waals surface area contributed by atoms with Crippen LogP contribution in [0.25, 0.3) is 16.8 Å². The second-order valence-corrected chi connectivity index (χ2v) is 3.97. The van der Waals surface area contributed by atoms with E-state index >= 15 is 0 Å². The van der Waals surface area contributed by atoms with E-state index in [1.54, 1.807) is 0 Å². The molecule has 0 amide bonds. The molecule has 0 fully saturated rings. The molecule has 0 atom stereocenters. The highest BCUT2D eigenvalue weighted by molar-refractivity contribution is 5.66. The molecular weight excluding hydrogens is 244 g/mol. The monoisotopic (exact) mass is 268 g/mol. The molecule has 0 spiro atoms. The molecule has 0 N–H and O–H groups in total. The van der Waals surface area contributed by atoms with E-state index in [9.17, 15) is 0 Å². The zero-order valence-corrected chi connectivity index (χ0v) is 13.1. The van der Waals surface area contributed by atoms with Crippen molar-refractivity contribution in [1.29, 1.82) is 0 Å². The van der Waals surface area contributed by atoms with Crippen LogP contribution in [-0.4, -0.2) is 9.61 Å². The third-order valence-corrected chi connectivity index (χ3v) is 2.68. The third kappa shape index (κ3) is 3.70. The lowest BCUT2D eigenvalue weighted by molar-refractivity contribution is 0.965. The number of nitrogens with zero attached hydrogens (tertiary/aromatic N) is 2. The fourth-order valence-electron chi connectivity index (χ4n) is 1.88. The van der Waals surface area contributed by atoms with Crippen molar-refractivity contribution >= 4 is 5.52 Å². The van der Waals surface area contributed by atoms with Gasteiger partial charge in [0, 0.05) is 11.8 Å². The lowest BCUT2D eigenvalue weighted by Gasteiger charge is -1.96. The van der Waals surface area contributed by atoms with Gasteiger partial charge in [-0.2, -0.15) is 5.10 Å². The van der Waals surface area contributed by atoms with E-state index < -0.39 is 0 Å². The number of aromatic nitrogens is 2. The van der Waals surface area contributed by atoms with Crippen molar-refractivity contribution in [3.05, 3.63) is 60.3 Å². The molecule has 2 heterocycles. The Labute approximate surface area is 122 Å². The van der Waals surface area contributed by atoms with Crippen LogP contribution in [0.3, 0.4) is 0 Å². The zero-order valence-electron chi connectivity index (χ0n) is 13.1. The Morgan fingerprint density at radius 3 is 2.25 bits per heavy atom. The van der Waals surface area contributed by atoms with Gasteiger partial charge in [0.2, 0.25) is 0 Å². The van der Waals surface area contributed by atoms with E-state index in [-0.39, 0.29) is 0 Å². The molecule has 3 rings (SSSR count). The van der Waals surface area contributed by atoms with E-state index in [0.29, 0.717) is 0 Å². The zero-order chi connectivity index (χ0) is 15.0. The molecule has 0 aliphatic rings. The van der Waals surface area contributed by atoms with Crippen molar-refractivity contribution in [3.63, 3.8) is 0 Å². The van der Waals surface area contributed by atoms with Gasteiger partial charge in [-0.25, -0.2) is 4.52 Å². The SMILES string of the molecule is CC.CC.Cc1cccc(-c2cc3ccccn3n2)c1. The van der Waals surface area contributed by atoms with Crippen LogP contribution < -0.4 is 0 Å². The van der Waals surface area contributed by atoms with Crippen molar-refractivity contribution in [2.45, 2.75) is 34.6 Å². The van der Waals surface area contributed by atoms with Gasteiger partial charge in [-0.05, 0) is 31.2 Å². The average molecular weight is 268 g/mol. The van der Waals surface area contributed by atoms with Gasteiger partial charge in [-0.3, -0.25) is 0 Å². The molecule has 0 bridgehead atoms. The quantitative estimate of drug-likeness (QED) is 0.580. The van der Waals surface area contributed by atoms with E-state index in [2.05, 4.69) is 48.4 Å². The van der Waals surface area contributed by atoms with Crippen LogP contribution in [0, 0.1) is 6.92 Å². The topological polar surface area (TPSA) is 17.3 Å². The minimum Gasteiger partial charge on any atom is -0.240 e. The molecule has 1 aromatic carbocycles. The van der Waals surface area contributed by atoms with Crippen LogP contribution in [-0.2, 0) is 0 Å². The maximum absolute atomic E-state index is 4.54. The Kier molecular flexibility index (Phi) is 6.51. The molecule has 0 unspecified atom stereocenters. The van der Waals surface area contributed by atoms with Gasteiger partial charge in [-0.15, -0.1) is 0 Å². The second kappa shape index (κ2) is 8.16. The number of hydrogen-bond donors (Lipinski definition) is 0. The van der Waals surface area contributed by atoms with Crippen LogP contribution in [0.5, 0.6) is 0 Å². The Morgan fingerprint density at radius 1 is 0.850 bits per heavy atom. The second-order valence-electron chi connectivity index (χ2n) is 3.97. The molecule has 0 saturated carbocycles. The maximum Gasteiger partial charge on any atom is 0.0933 e. The van der Waals surface area contributed by atoms with Gasteiger partial charge < -0.3 is 0 Å². The van der Waals surface area contributed by atoms with Crippen molar-refractivity contribution in [2.75, 3.05) is 0 Å². The average Bonchev–Trinajstić information content (AvgIpc) is 2.95. The minimum absolute atomic E-state index is 1.02. The van der Waals surface area contributed by atoms with Gasteiger partial charge in [0.05, 0.1) is 11.2 Å².